The van der Waals surface area contributed by atoms with Gasteiger partial charge in [0.15, 0.2) is 0 Å². The normalized spacial score (nSPS) is 23.4. The van der Waals surface area contributed by atoms with Crippen molar-refractivity contribution in [2.75, 3.05) is 7.11 Å². The van der Waals surface area contributed by atoms with Gasteiger partial charge < -0.3 is 14.0 Å². The zero-order valence-corrected chi connectivity index (χ0v) is 9.87. The highest BCUT2D eigenvalue weighted by molar-refractivity contribution is 6.52. The molecule has 1 aliphatic heterocycles. The van der Waals surface area contributed by atoms with E-state index in [1.54, 1.807) is 5.98 Å². The molecule has 84 valence electrons. The Bertz CT molecular complexity index is 267. The van der Waals surface area contributed by atoms with E-state index >= 15 is 0 Å². The van der Waals surface area contributed by atoms with E-state index in [4.69, 9.17) is 9.31 Å². The number of rotatable bonds is 2. The Hall–Kier alpha value is -0.805. The SMILES string of the molecule is COC(=O)/C=C/B1OC(C)(C)C(C)(C)O1. The van der Waals surface area contributed by atoms with Crippen LogP contribution in [0.4, 0.5) is 0 Å². The fraction of sp³-hybridized carbons (Fsp3) is 0.700. The van der Waals surface area contributed by atoms with Crippen molar-refractivity contribution in [1.82, 2.24) is 0 Å². The molecule has 0 radical (unpaired) electrons. The van der Waals surface area contributed by atoms with Crippen LogP contribution in [-0.2, 0) is 18.8 Å². The summed E-state index contributed by atoms with van der Waals surface area (Å²) in [5.74, 6) is 1.15. The van der Waals surface area contributed by atoms with Gasteiger partial charge in [0.25, 0.3) is 0 Å². The molecule has 1 rings (SSSR count). The van der Waals surface area contributed by atoms with Crippen molar-refractivity contribution in [2.24, 2.45) is 0 Å². The van der Waals surface area contributed by atoms with Crippen molar-refractivity contribution in [3.8, 4) is 0 Å². The van der Waals surface area contributed by atoms with Crippen molar-refractivity contribution in [1.29, 1.82) is 0 Å². The first-order valence-corrected chi connectivity index (χ1v) is 4.90. The van der Waals surface area contributed by atoms with Crippen molar-refractivity contribution in [2.45, 2.75) is 38.9 Å². The average Bonchev–Trinajstić information content (AvgIpc) is 2.31. The molecule has 0 amide bonds. The number of ether oxygens (including phenoxy) is 1. The topological polar surface area (TPSA) is 44.8 Å². The van der Waals surface area contributed by atoms with Gasteiger partial charge in [-0.2, -0.15) is 0 Å². The Labute approximate surface area is 90.7 Å². The second kappa shape index (κ2) is 3.98. The maximum absolute atomic E-state index is 10.9. The van der Waals surface area contributed by atoms with Crippen LogP contribution in [0, 0.1) is 0 Å². The van der Waals surface area contributed by atoms with Crippen LogP contribution in [0.5, 0.6) is 0 Å². The van der Waals surface area contributed by atoms with Crippen molar-refractivity contribution in [3.63, 3.8) is 0 Å². The van der Waals surface area contributed by atoms with E-state index in [0.717, 1.165) is 0 Å². The molecule has 1 heterocycles. The largest absolute Gasteiger partial charge is 0.487 e. The number of carbonyl (C=O) groups excluding carboxylic acids is 1. The Kier molecular flexibility index (Phi) is 3.26. The molecule has 0 atom stereocenters. The van der Waals surface area contributed by atoms with Gasteiger partial charge in [0, 0.05) is 6.08 Å². The van der Waals surface area contributed by atoms with Crippen LogP contribution < -0.4 is 0 Å². The standard InChI is InChI=1S/C10H17BO4/c1-9(2)10(3,4)15-11(14-9)7-6-8(12)13-5/h6-7H,1-5H3/b7-6+. The van der Waals surface area contributed by atoms with Gasteiger partial charge in [0.2, 0.25) is 0 Å². The minimum Gasteiger partial charge on any atom is -0.466 e. The third-order valence-corrected chi connectivity index (χ3v) is 2.86. The average molecular weight is 212 g/mol. The molecule has 0 unspecified atom stereocenters. The van der Waals surface area contributed by atoms with E-state index in [0.29, 0.717) is 0 Å². The van der Waals surface area contributed by atoms with E-state index in [2.05, 4.69) is 4.74 Å². The fourth-order valence-corrected chi connectivity index (χ4v) is 1.19. The van der Waals surface area contributed by atoms with E-state index in [1.807, 2.05) is 27.7 Å². The summed E-state index contributed by atoms with van der Waals surface area (Å²) in [5, 5.41) is 0. The summed E-state index contributed by atoms with van der Waals surface area (Å²) in [6.07, 6.45) is 1.31. The van der Waals surface area contributed by atoms with Crippen LogP contribution in [0.3, 0.4) is 0 Å². The maximum atomic E-state index is 10.9. The maximum Gasteiger partial charge on any atom is 0.487 e. The second-order valence-electron chi connectivity index (χ2n) is 4.51. The smallest absolute Gasteiger partial charge is 0.466 e. The second-order valence-corrected chi connectivity index (χ2v) is 4.51. The number of carbonyl (C=O) groups is 1. The van der Waals surface area contributed by atoms with Crippen LogP contribution in [0.15, 0.2) is 12.1 Å². The van der Waals surface area contributed by atoms with Crippen LogP contribution in [0.2, 0.25) is 0 Å². The summed E-state index contributed by atoms with van der Waals surface area (Å²) in [6, 6.07) is 0. The van der Waals surface area contributed by atoms with Gasteiger partial charge in [-0.15, -0.1) is 0 Å². The van der Waals surface area contributed by atoms with Crippen LogP contribution >= 0.6 is 0 Å². The molecule has 0 bridgehead atoms. The minimum atomic E-state index is -0.492. The summed E-state index contributed by atoms with van der Waals surface area (Å²) < 4.78 is 15.8. The molecule has 0 aliphatic carbocycles. The third kappa shape index (κ3) is 2.61. The molecule has 4 nitrogen and oxygen atoms in total. The molecule has 1 aliphatic rings. The molecule has 5 heteroatoms. The van der Waals surface area contributed by atoms with Gasteiger partial charge in [-0.25, -0.2) is 4.79 Å². The van der Waals surface area contributed by atoms with Gasteiger partial charge in [-0.1, -0.05) is 0 Å². The molecule has 0 N–H and O–H groups in total. The van der Waals surface area contributed by atoms with Gasteiger partial charge >= 0.3 is 13.1 Å². The Morgan fingerprint density at radius 2 is 1.67 bits per heavy atom. The Balaban J connectivity index is 2.64. The monoisotopic (exact) mass is 212 g/mol. The van der Waals surface area contributed by atoms with E-state index < -0.39 is 13.1 Å². The molecule has 1 fully saturated rings. The molecular weight excluding hydrogens is 195 g/mol. The van der Waals surface area contributed by atoms with Crippen LogP contribution in [0.25, 0.3) is 0 Å². The van der Waals surface area contributed by atoms with Crippen molar-refractivity contribution < 1.29 is 18.8 Å². The molecule has 0 aromatic rings. The summed E-state index contributed by atoms with van der Waals surface area (Å²) in [6.45, 7) is 7.83. The highest BCUT2D eigenvalue weighted by Gasteiger charge is 2.50. The lowest BCUT2D eigenvalue weighted by Crippen LogP contribution is -2.41. The lowest BCUT2D eigenvalue weighted by molar-refractivity contribution is -0.134. The van der Waals surface area contributed by atoms with E-state index in [9.17, 15) is 4.79 Å². The minimum absolute atomic E-state index is 0.377. The summed E-state index contributed by atoms with van der Waals surface area (Å²) >= 11 is 0. The number of hydrogen-bond donors (Lipinski definition) is 0. The first-order chi connectivity index (χ1) is 6.78. The summed E-state index contributed by atoms with van der Waals surface area (Å²) in [5.41, 5.74) is -0.754. The van der Waals surface area contributed by atoms with Crippen molar-refractivity contribution >= 4 is 13.1 Å². The molecule has 0 aromatic heterocycles. The molecule has 1 saturated heterocycles. The Morgan fingerprint density at radius 1 is 1.20 bits per heavy atom. The van der Waals surface area contributed by atoms with Gasteiger partial charge in [-0.05, 0) is 33.7 Å². The lowest BCUT2D eigenvalue weighted by Gasteiger charge is -2.32. The predicted octanol–water partition coefficient (Wildman–Crippen LogP) is 1.35. The molecule has 0 saturated carbocycles. The summed E-state index contributed by atoms with van der Waals surface area (Å²) in [4.78, 5) is 10.9. The molecule has 15 heavy (non-hydrogen) atoms. The predicted molar refractivity (Wildman–Crippen MR) is 57.2 cm³/mol. The van der Waals surface area contributed by atoms with Gasteiger partial charge in [-0.3, -0.25) is 0 Å². The number of esters is 1. The highest BCUT2D eigenvalue weighted by atomic mass is 16.7. The lowest BCUT2D eigenvalue weighted by atomic mass is 9.90. The van der Waals surface area contributed by atoms with Crippen molar-refractivity contribution in [3.05, 3.63) is 12.1 Å². The van der Waals surface area contributed by atoms with Gasteiger partial charge in [0.1, 0.15) is 0 Å². The quantitative estimate of drug-likeness (QED) is 0.393. The van der Waals surface area contributed by atoms with E-state index in [-0.39, 0.29) is 11.2 Å². The first kappa shape index (κ1) is 12.3. The third-order valence-electron chi connectivity index (χ3n) is 2.86. The highest BCUT2D eigenvalue weighted by Crippen LogP contribution is 2.36. The zero-order chi connectivity index (χ0) is 11.7. The molecule has 0 aromatic carbocycles. The molecule has 0 spiro atoms. The number of methoxy groups -OCH3 is 1. The zero-order valence-electron chi connectivity index (χ0n) is 9.87. The van der Waals surface area contributed by atoms with Crippen LogP contribution in [0.1, 0.15) is 27.7 Å². The number of hydrogen-bond acceptors (Lipinski definition) is 4. The van der Waals surface area contributed by atoms with Crippen LogP contribution in [-0.4, -0.2) is 31.4 Å². The fourth-order valence-electron chi connectivity index (χ4n) is 1.19. The van der Waals surface area contributed by atoms with Gasteiger partial charge in [0.05, 0.1) is 18.3 Å². The first-order valence-electron chi connectivity index (χ1n) is 4.90. The Morgan fingerprint density at radius 3 is 2.07 bits per heavy atom. The van der Waals surface area contributed by atoms with E-state index in [1.165, 1.54) is 13.2 Å². The summed E-state index contributed by atoms with van der Waals surface area (Å²) in [7, 11) is 0.839. The molecular formula is C10H17BO4.